The van der Waals surface area contributed by atoms with Gasteiger partial charge in [0.15, 0.2) is 0 Å². The lowest BCUT2D eigenvalue weighted by Gasteiger charge is -2.23. The van der Waals surface area contributed by atoms with Gasteiger partial charge in [0, 0.05) is 27.2 Å². The Morgan fingerprint density at radius 3 is 2.71 bits per heavy atom. The molecule has 0 aromatic carbocycles. The second kappa shape index (κ2) is 6.18. The van der Waals surface area contributed by atoms with Crippen molar-refractivity contribution in [2.45, 2.75) is 19.3 Å². The summed E-state index contributed by atoms with van der Waals surface area (Å²) >= 11 is 0. The van der Waals surface area contributed by atoms with Gasteiger partial charge in [-0.05, 0) is 24.8 Å². The van der Waals surface area contributed by atoms with Crippen molar-refractivity contribution < 1.29 is 14.7 Å². The Morgan fingerprint density at radius 2 is 2.04 bits per heavy atom. The van der Waals surface area contributed by atoms with Crippen molar-refractivity contribution >= 4 is 28.7 Å². The normalized spacial score (nSPS) is 23.8. The smallest absolute Gasteiger partial charge is 0.332 e. The number of nitrogens with one attached hydrogen (secondary N) is 1. The lowest BCUT2D eigenvalue weighted by molar-refractivity contribution is -0.149. The van der Waals surface area contributed by atoms with Crippen LogP contribution in [0.2, 0.25) is 0 Å². The Hall–Kier alpha value is -3.17. The lowest BCUT2D eigenvalue weighted by Crippen LogP contribution is -2.39. The monoisotopic (exact) mass is 387 g/mol. The summed E-state index contributed by atoms with van der Waals surface area (Å²) in [5.41, 5.74) is -1.29. The number of aromatic nitrogens is 3. The molecule has 2 aromatic rings. The number of hydrogen-bond donors (Lipinski definition) is 2. The standard InChI is InChI=1S/C18H21N5O5/c1-21-13-12(14(24)22(2)17(21)28)6-11(7-19-13)20-16(27)23-8-10-4-3-5-18(10,9-23)15(25)26/h6-7,10H,3-5,8-9H2,1-2H3,(H,20,27)(H,25,26)/t10-,18+/m0/s1. The molecule has 0 bridgehead atoms. The molecule has 2 aliphatic rings. The van der Waals surface area contributed by atoms with E-state index in [9.17, 15) is 24.3 Å². The molecule has 3 heterocycles. The Morgan fingerprint density at radius 1 is 1.29 bits per heavy atom. The van der Waals surface area contributed by atoms with Crippen LogP contribution in [0.1, 0.15) is 19.3 Å². The maximum atomic E-state index is 12.7. The largest absolute Gasteiger partial charge is 0.481 e. The Bertz CT molecular complexity index is 1120. The fourth-order valence-electron chi connectivity index (χ4n) is 4.53. The van der Waals surface area contributed by atoms with E-state index in [1.807, 2.05) is 0 Å². The number of carboxylic acids is 1. The molecular formula is C18H21N5O5. The Balaban J connectivity index is 1.61. The summed E-state index contributed by atoms with van der Waals surface area (Å²) in [6.07, 6.45) is 3.63. The molecule has 0 unspecified atom stereocenters. The molecular weight excluding hydrogens is 366 g/mol. The number of anilines is 1. The van der Waals surface area contributed by atoms with Gasteiger partial charge in [-0.25, -0.2) is 14.6 Å². The number of aryl methyl sites for hydroxylation is 1. The number of nitrogens with zero attached hydrogens (tertiary/aromatic N) is 4. The van der Waals surface area contributed by atoms with Gasteiger partial charge in [-0.15, -0.1) is 0 Å². The molecule has 0 radical (unpaired) electrons. The summed E-state index contributed by atoms with van der Waals surface area (Å²) in [4.78, 5) is 54.5. The average Bonchev–Trinajstić information content (AvgIpc) is 3.23. The third-order valence-corrected chi connectivity index (χ3v) is 6.13. The fourth-order valence-corrected chi connectivity index (χ4v) is 4.53. The number of fused-ring (bicyclic) bond motifs is 2. The van der Waals surface area contributed by atoms with E-state index in [0.29, 0.717) is 18.7 Å². The predicted molar refractivity (Wildman–Crippen MR) is 100 cm³/mol. The first kappa shape index (κ1) is 18.2. The van der Waals surface area contributed by atoms with Gasteiger partial charge < -0.3 is 15.3 Å². The highest BCUT2D eigenvalue weighted by molar-refractivity contribution is 5.92. The van der Waals surface area contributed by atoms with E-state index in [0.717, 1.165) is 17.4 Å². The fraction of sp³-hybridized carbons (Fsp3) is 0.500. The second-order valence-electron chi connectivity index (χ2n) is 7.66. The van der Waals surface area contributed by atoms with Gasteiger partial charge >= 0.3 is 17.7 Å². The Labute approximate surface area is 159 Å². The zero-order chi connectivity index (χ0) is 20.2. The minimum atomic E-state index is -0.854. The molecule has 2 fully saturated rings. The van der Waals surface area contributed by atoms with Crippen LogP contribution in [-0.2, 0) is 18.9 Å². The van der Waals surface area contributed by atoms with Gasteiger partial charge in [-0.3, -0.25) is 18.7 Å². The van der Waals surface area contributed by atoms with E-state index < -0.39 is 28.7 Å². The van der Waals surface area contributed by atoms with Crippen LogP contribution >= 0.6 is 0 Å². The van der Waals surface area contributed by atoms with E-state index in [1.165, 1.54) is 35.8 Å². The quantitative estimate of drug-likeness (QED) is 0.766. The molecule has 2 atom stereocenters. The third kappa shape index (κ3) is 2.51. The van der Waals surface area contributed by atoms with Crippen LogP contribution in [0.4, 0.5) is 10.5 Å². The van der Waals surface area contributed by atoms with E-state index in [1.54, 1.807) is 0 Å². The molecule has 148 valence electrons. The number of carbonyl (C=O) groups excluding carboxylic acids is 1. The zero-order valence-electron chi connectivity index (χ0n) is 15.6. The molecule has 2 amide bonds. The average molecular weight is 387 g/mol. The van der Waals surface area contributed by atoms with Crippen molar-refractivity contribution in [1.82, 2.24) is 19.0 Å². The van der Waals surface area contributed by atoms with E-state index in [2.05, 4.69) is 10.3 Å². The first-order valence-corrected chi connectivity index (χ1v) is 9.10. The van der Waals surface area contributed by atoms with Crippen molar-refractivity contribution in [2.24, 2.45) is 25.4 Å². The molecule has 2 aromatic heterocycles. The topological polar surface area (TPSA) is 127 Å². The number of hydrogen-bond acceptors (Lipinski definition) is 5. The highest BCUT2D eigenvalue weighted by Crippen LogP contribution is 2.48. The number of pyridine rings is 1. The molecule has 1 saturated heterocycles. The van der Waals surface area contributed by atoms with Crippen molar-refractivity contribution in [2.75, 3.05) is 18.4 Å². The number of likely N-dealkylation sites (tertiary alicyclic amines) is 1. The molecule has 1 aliphatic carbocycles. The number of rotatable bonds is 2. The molecule has 2 N–H and O–H groups in total. The van der Waals surface area contributed by atoms with Crippen LogP contribution in [0, 0.1) is 11.3 Å². The lowest BCUT2D eigenvalue weighted by atomic mass is 9.81. The maximum Gasteiger partial charge on any atom is 0.332 e. The predicted octanol–water partition coefficient (Wildman–Crippen LogP) is 0.351. The van der Waals surface area contributed by atoms with Crippen LogP contribution in [0.25, 0.3) is 11.0 Å². The summed E-state index contributed by atoms with van der Waals surface area (Å²) < 4.78 is 2.24. The molecule has 10 heteroatoms. The van der Waals surface area contributed by atoms with Gasteiger partial charge in [0.05, 0.1) is 22.7 Å². The van der Waals surface area contributed by atoms with Gasteiger partial charge in [-0.1, -0.05) is 6.42 Å². The summed E-state index contributed by atoms with van der Waals surface area (Å²) in [6, 6.07) is 1.06. The van der Waals surface area contributed by atoms with Crippen molar-refractivity contribution in [3.8, 4) is 0 Å². The van der Waals surface area contributed by atoms with Crippen molar-refractivity contribution in [3.63, 3.8) is 0 Å². The van der Waals surface area contributed by atoms with Crippen LogP contribution in [0.5, 0.6) is 0 Å². The Kier molecular flexibility index (Phi) is 4.02. The van der Waals surface area contributed by atoms with Gasteiger partial charge in [0.2, 0.25) is 0 Å². The van der Waals surface area contributed by atoms with Gasteiger partial charge in [0.25, 0.3) is 5.56 Å². The minimum absolute atomic E-state index is 0.0349. The first-order valence-electron chi connectivity index (χ1n) is 9.10. The van der Waals surface area contributed by atoms with E-state index >= 15 is 0 Å². The van der Waals surface area contributed by atoms with E-state index in [-0.39, 0.29) is 23.5 Å². The zero-order valence-corrected chi connectivity index (χ0v) is 15.6. The minimum Gasteiger partial charge on any atom is -0.481 e. The molecule has 28 heavy (non-hydrogen) atoms. The highest BCUT2D eigenvalue weighted by atomic mass is 16.4. The van der Waals surface area contributed by atoms with E-state index in [4.69, 9.17) is 0 Å². The number of carbonyl (C=O) groups is 2. The second-order valence-corrected chi connectivity index (χ2v) is 7.66. The SMILES string of the molecule is Cn1c(=O)c2cc(NC(=O)N3C[C@@H]4CCC[C@@]4(C(=O)O)C3)cnc2n(C)c1=O. The number of urea groups is 1. The molecule has 10 nitrogen and oxygen atoms in total. The molecule has 4 rings (SSSR count). The van der Waals surface area contributed by atoms with Gasteiger partial charge in [0.1, 0.15) is 5.65 Å². The number of carboxylic acid groups (broad SMARTS) is 1. The molecule has 1 aliphatic heterocycles. The summed E-state index contributed by atoms with van der Waals surface area (Å²) in [7, 11) is 2.90. The number of aliphatic carboxylic acids is 1. The van der Waals surface area contributed by atoms with Crippen LogP contribution in [0.15, 0.2) is 21.9 Å². The summed E-state index contributed by atoms with van der Waals surface area (Å²) in [5, 5.41) is 12.6. The van der Waals surface area contributed by atoms with Crippen LogP contribution in [0.3, 0.4) is 0 Å². The summed E-state index contributed by atoms with van der Waals surface area (Å²) in [6.45, 7) is 0.575. The maximum absolute atomic E-state index is 12.7. The summed E-state index contributed by atoms with van der Waals surface area (Å²) in [5.74, 6) is -0.880. The highest BCUT2D eigenvalue weighted by Gasteiger charge is 2.55. The molecule has 0 spiro atoms. The molecule has 1 saturated carbocycles. The van der Waals surface area contributed by atoms with Crippen molar-refractivity contribution in [3.05, 3.63) is 33.1 Å². The number of amides is 2. The van der Waals surface area contributed by atoms with Crippen molar-refractivity contribution in [1.29, 1.82) is 0 Å². The van der Waals surface area contributed by atoms with Crippen LogP contribution in [-0.4, -0.2) is 49.2 Å². The third-order valence-electron chi connectivity index (χ3n) is 6.13. The first-order chi connectivity index (χ1) is 13.2. The van der Waals surface area contributed by atoms with Gasteiger partial charge in [-0.2, -0.15) is 0 Å². The van der Waals surface area contributed by atoms with Crippen LogP contribution < -0.4 is 16.6 Å².